The highest BCUT2D eigenvalue weighted by Gasteiger charge is 2.48. The van der Waals surface area contributed by atoms with Crippen LogP contribution in [0.25, 0.3) is 0 Å². The molecule has 0 aromatic rings. The van der Waals surface area contributed by atoms with Gasteiger partial charge in [-0.3, -0.25) is 9.59 Å². The van der Waals surface area contributed by atoms with Crippen LogP contribution in [0.15, 0.2) is 0 Å². The number of esters is 1. The van der Waals surface area contributed by atoms with E-state index in [1.54, 1.807) is 27.7 Å². The number of amides is 1. The third kappa shape index (κ3) is 5.75. The van der Waals surface area contributed by atoms with E-state index in [1.807, 2.05) is 0 Å². The van der Waals surface area contributed by atoms with Gasteiger partial charge in [-0.05, 0) is 27.7 Å². The maximum Gasteiger partial charge on any atom is 0.410 e. The van der Waals surface area contributed by atoms with Crippen molar-refractivity contribution >= 4 is 29.8 Å². The highest BCUT2D eigenvalue weighted by molar-refractivity contribution is 8.01. The Kier molecular flexibility index (Phi) is 6.10. The van der Waals surface area contributed by atoms with E-state index in [0.29, 0.717) is 0 Å². The molecule has 0 aromatic heterocycles. The molecule has 1 N–H and O–H groups in total. The summed E-state index contributed by atoms with van der Waals surface area (Å²) in [4.78, 5) is 35.8. The summed E-state index contributed by atoms with van der Waals surface area (Å²) in [5.41, 5.74) is -0.597. The number of carboxylic acid groups (broad SMARTS) is 1. The lowest BCUT2D eigenvalue weighted by Crippen LogP contribution is -2.63. The monoisotopic (exact) mass is 333 g/mol. The van der Waals surface area contributed by atoms with Gasteiger partial charge in [0.1, 0.15) is 5.60 Å². The van der Waals surface area contributed by atoms with Crippen molar-refractivity contribution in [1.29, 1.82) is 0 Å². The van der Waals surface area contributed by atoms with E-state index in [9.17, 15) is 14.4 Å². The van der Waals surface area contributed by atoms with Crippen molar-refractivity contribution in [1.82, 2.24) is 4.90 Å². The van der Waals surface area contributed by atoms with Gasteiger partial charge < -0.3 is 19.5 Å². The summed E-state index contributed by atoms with van der Waals surface area (Å²) in [6.45, 7) is 7.80. The molecule has 0 aliphatic carbocycles. The molecule has 1 heterocycles. The van der Waals surface area contributed by atoms with Crippen LogP contribution in [-0.4, -0.2) is 63.8 Å². The number of carbonyl (C=O) groups is 3. The van der Waals surface area contributed by atoms with E-state index in [1.165, 1.54) is 16.7 Å². The molecular weight excluding hydrogens is 310 g/mol. The first-order valence-electron chi connectivity index (χ1n) is 7.06. The highest BCUT2D eigenvalue weighted by atomic mass is 32.2. The summed E-state index contributed by atoms with van der Waals surface area (Å²) >= 11 is 1.22. The van der Waals surface area contributed by atoms with Gasteiger partial charge in [-0.15, -0.1) is 11.8 Å². The number of hydrogen-bond donors (Lipinski definition) is 1. The van der Waals surface area contributed by atoms with Crippen LogP contribution in [0, 0.1) is 0 Å². The zero-order valence-corrected chi connectivity index (χ0v) is 14.2. The summed E-state index contributed by atoms with van der Waals surface area (Å²) in [6, 6.07) is 0. The molecule has 1 aliphatic heterocycles. The molecular formula is C14H23NO6S. The van der Waals surface area contributed by atoms with Gasteiger partial charge in [-0.2, -0.15) is 0 Å². The Bertz CT molecular complexity index is 439. The summed E-state index contributed by atoms with van der Waals surface area (Å²) in [5, 5.41) is 9.03. The number of hydrogen-bond acceptors (Lipinski definition) is 6. The molecule has 1 saturated heterocycles. The third-order valence-electron chi connectivity index (χ3n) is 2.88. The Balaban J connectivity index is 2.57. The lowest BCUT2D eigenvalue weighted by Gasteiger charge is -2.48. The molecule has 1 amide bonds. The Morgan fingerprint density at radius 1 is 1.27 bits per heavy atom. The Morgan fingerprint density at radius 2 is 1.86 bits per heavy atom. The van der Waals surface area contributed by atoms with Gasteiger partial charge in [-0.25, -0.2) is 4.79 Å². The molecule has 0 radical (unpaired) electrons. The Hall–Kier alpha value is -1.44. The lowest BCUT2D eigenvalue weighted by molar-refractivity contribution is -0.140. The zero-order valence-electron chi connectivity index (χ0n) is 13.4. The molecule has 0 aromatic carbocycles. The van der Waals surface area contributed by atoms with Gasteiger partial charge in [0.2, 0.25) is 0 Å². The quantitative estimate of drug-likeness (QED) is 0.740. The molecule has 0 spiro atoms. The van der Waals surface area contributed by atoms with Crippen molar-refractivity contribution in [2.75, 3.05) is 25.4 Å². The van der Waals surface area contributed by atoms with Crippen molar-refractivity contribution in [2.45, 2.75) is 44.5 Å². The van der Waals surface area contributed by atoms with E-state index in [2.05, 4.69) is 0 Å². The van der Waals surface area contributed by atoms with Crippen LogP contribution in [0.1, 0.15) is 34.1 Å². The molecule has 0 bridgehead atoms. The number of nitrogens with zero attached hydrogens (tertiary/aromatic N) is 1. The summed E-state index contributed by atoms with van der Waals surface area (Å²) in [6.07, 6.45) is -0.582. The minimum absolute atomic E-state index is 0.0727. The Morgan fingerprint density at radius 3 is 2.32 bits per heavy atom. The van der Waals surface area contributed by atoms with Crippen molar-refractivity contribution < 1.29 is 29.0 Å². The number of carbonyl (C=O) groups excluding carboxylic acids is 2. The summed E-state index contributed by atoms with van der Waals surface area (Å²) in [7, 11) is 0. The zero-order chi connectivity index (χ0) is 17.0. The van der Waals surface area contributed by atoms with E-state index < -0.39 is 22.4 Å². The second-order valence-electron chi connectivity index (χ2n) is 6.18. The molecule has 1 rings (SSSR count). The first-order valence-corrected chi connectivity index (χ1v) is 8.05. The van der Waals surface area contributed by atoms with Gasteiger partial charge >= 0.3 is 18.0 Å². The fourth-order valence-corrected chi connectivity index (χ4v) is 3.28. The third-order valence-corrected chi connectivity index (χ3v) is 4.28. The van der Waals surface area contributed by atoms with E-state index in [0.717, 1.165) is 0 Å². The fraction of sp³-hybridized carbons (Fsp3) is 0.786. The molecule has 0 atom stereocenters. The number of aliphatic carboxylic acids is 1. The van der Waals surface area contributed by atoms with Crippen LogP contribution in [0.2, 0.25) is 0 Å². The fourth-order valence-electron chi connectivity index (χ4n) is 2.05. The van der Waals surface area contributed by atoms with Crippen molar-refractivity contribution in [2.24, 2.45) is 0 Å². The predicted molar refractivity (Wildman–Crippen MR) is 81.9 cm³/mol. The number of ether oxygens (including phenoxy) is 2. The van der Waals surface area contributed by atoms with Gasteiger partial charge in [0.05, 0.1) is 23.5 Å². The molecule has 0 unspecified atom stereocenters. The number of thioether (sulfide) groups is 1. The van der Waals surface area contributed by atoms with Crippen LogP contribution >= 0.6 is 11.8 Å². The van der Waals surface area contributed by atoms with E-state index in [-0.39, 0.29) is 37.8 Å². The van der Waals surface area contributed by atoms with Crippen LogP contribution < -0.4 is 0 Å². The van der Waals surface area contributed by atoms with Crippen molar-refractivity contribution in [3.05, 3.63) is 0 Å². The molecule has 0 saturated carbocycles. The first-order chi connectivity index (χ1) is 10.1. The SMILES string of the molecule is CCOC(=O)CSC1(CC(=O)O)CN(C(=O)OC(C)(C)C)C1. The topological polar surface area (TPSA) is 93.1 Å². The summed E-state index contributed by atoms with van der Waals surface area (Å²) in [5.74, 6) is -1.27. The molecule has 1 fully saturated rings. The smallest absolute Gasteiger partial charge is 0.410 e. The second kappa shape index (κ2) is 7.21. The number of rotatable bonds is 6. The largest absolute Gasteiger partial charge is 0.481 e. The normalized spacial score (nSPS) is 16.6. The van der Waals surface area contributed by atoms with Crippen LogP contribution in [0.5, 0.6) is 0 Å². The molecule has 22 heavy (non-hydrogen) atoms. The minimum Gasteiger partial charge on any atom is -0.481 e. The predicted octanol–water partition coefficient (Wildman–Crippen LogP) is 1.75. The maximum absolute atomic E-state index is 11.9. The van der Waals surface area contributed by atoms with Crippen LogP contribution in [-0.2, 0) is 19.1 Å². The molecule has 8 heteroatoms. The average molecular weight is 333 g/mol. The van der Waals surface area contributed by atoms with Crippen molar-refractivity contribution in [3.63, 3.8) is 0 Å². The van der Waals surface area contributed by atoms with E-state index in [4.69, 9.17) is 14.6 Å². The molecule has 7 nitrogen and oxygen atoms in total. The lowest BCUT2D eigenvalue weighted by atomic mass is 9.95. The highest BCUT2D eigenvalue weighted by Crippen LogP contribution is 2.39. The van der Waals surface area contributed by atoms with Crippen LogP contribution in [0.4, 0.5) is 4.79 Å². The number of carboxylic acids is 1. The second-order valence-corrected chi connectivity index (χ2v) is 7.63. The van der Waals surface area contributed by atoms with Gasteiger partial charge in [0.15, 0.2) is 0 Å². The van der Waals surface area contributed by atoms with Gasteiger partial charge in [0.25, 0.3) is 0 Å². The minimum atomic E-state index is -0.958. The van der Waals surface area contributed by atoms with Crippen molar-refractivity contribution in [3.8, 4) is 0 Å². The number of likely N-dealkylation sites (tertiary alicyclic amines) is 1. The Labute approximate surface area is 134 Å². The van der Waals surface area contributed by atoms with Gasteiger partial charge in [-0.1, -0.05) is 0 Å². The summed E-state index contributed by atoms with van der Waals surface area (Å²) < 4.78 is 9.42. The first kappa shape index (κ1) is 18.6. The average Bonchev–Trinajstić information content (AvgIpc) is 2.29. The van der Waals surface area contributed by atoms with Gasteiger partial charge in [0, 0.05) is 13.1 Å². The van der Waals surface area contributed by atoms with Crippen LogP contribution in [0.3, 0.4) is 0 Å². The van der Waals surface area contributed by atoms with E-state index >= 15 is 0 Å². The maximum atomic E-state index is 11.9. The standard InChI is InChI=1S/C14H23NO6S/c1-5-20-11(18)7-22-14(6-10(16)17)8-15(9-14)12(19)21-13(2,3)4/h5-9H2,1-4H3,(H,16,17). The molecule has 1 aliphatic rings. The molecule has 126 valence electrons.